The minimum Gasteiger partial charge on any atom is -0.358 e. The summed E-state index contributed by atoms with van der Waals surface area (Å²) in [5, 5.41) is 13.3. The molecule has 1 aliphatic rings. The summed E-state index contributed by atoms with van der Waals surface area (Å²) in [6, 6.07) is 4.06. The third-order valence-electron chi connectivity index (χ3n) is 4.32. The lowest BCUT2D eigenvalue weighted by Crippen LogP contribution is -2.26. The Morgan fingerprint density at radius 1 is 1.19 bits per heavy atom. The molecule has 1 fully saturated rings. The average molecular weight is 287 g/mol. The first-order chi connectivity index (χ1) is 9.95. The van der Waals surface area contributed by atoms with Crippen LogP contribution in [0.15, 0.2) is 12.1 Å². The highest BCUT2D eigenvalue weighted by atomic mass is 15.4. The van der Waals surface area contributed by atoms with E-state index in [1.54, 1.807) is 0 Å². The van der Waals surface area contributed by atoms with E-state index in [1.165, 1.54) is 25.7 Å². The maximum absolute atomic E-state index is 4.76. The molecule has 2 heterocycles. The molecule has 0 radical (unpaired) electrons. The van der Waals surface area contributed by atoms with Crippen molar-refractivity contribution in [1.29, 1.82) is 0 Å². The molecule has 114 valence electrons. The van der Waals surface area contributed by atoms with E-state index < -0.39 is 0 Å². The molecular formula is C16H25N5. The number of anilines is 1. The molecule has 2 aromatic rings. The van der Waals surface area contributed by atoms with Crippen LogP contribution in [-0.4, -0.2) is 33.4 Å². The van der Waals surface area contributed by atoms with Gasteiger partial charge in [-0.05, 0) is 30.9 Å². The second-order valence-corrected chi connectivity index (χ2v) is 7.27. The fourth-order valence-electron chi connectivity index (χ4n) is 3.12. The van der Waals surface area contributed by atoms with Crippen molar-refractivity contribution in [3.63, 3.8) is 0 Å². The van der Waals surface area contributed by atoms with Gasteiger partial charge < -0.3 is 4.90 Å². The number of aromatic nitrogens is 4. The summed E-state index contributed by atoms with van der Waals surface area (Å²) < 4.78 is 1.89. The number of hydrogen-bond donors (Lipinski definition) is 0. The largest absolute Gasteiger partial charge is 0.358 e. The molecule has 0 N–H and O–H groups in total. The van der Waals surface area contributed by atoms with Gasteiger partial charge in [-0.1, -0.05) is 33.6 Å². The zero-order valence-corrected chi connectivity index (χ0v) is 13.5. The van der Waals surface area contributed by atoms with Gasteiger partial charge in [0, 0.05) is 19.0 Å². The van der Waals surface area contributed by atoms with E-state index in [2.05, 4.69) is 42.9 Å². The summed E-state index contributed by atoms with van der Waals surface area (Å²) in [6.45, 7) is 7.51. The van der Waals surface area contributed by atoms with Crippen LogP contribution in [-0.2, 0) is 5.41 Å². The van der Waals surface area contributed by atoms with Gasteiger partial charge >= 0.3 is 0 Å². The van der Waals surface area contributed by atoms with Gasteiger partial charge in [-0.2, -0.15) is 4.52 Å². The predicted octanol–water partition coefficient (Wildman–Crippen LogP) is 3.05. The van der Waals surface area contributed by atoms with Gasteiger partial charge in [-0.15, -0.1) is 15.3 Å². The van der Waals surface area contributed by atoms with Crippen molar-refractivity contribution in [3.05, 3.63) is 18.0 Å². The van der Waals surface area contributed by atoms with Crippen LogP contribution in [0, 0.1) is 5.92 Å². The lowest BCUT2D eigenvalue weighted by Gasteiger charge is -2.22. The second-order valence-electron chi connectivity index (χ2n) is 7.27. The van der Waals surface area contributed by atoms with Crippen molar-refractivity contribution in [2.75, 3.05) is 18.5 Å². The summed E-state index contributed by atoms with van der Waals surface area (Å²) in [5.41, 5.74) is 0.757. The fourth-order valence-corrected chi connectivity index (χ4v) is 3.12. The fraction of sp³-hybridized carbons (Fsp3) is 0.688. The molecular weight excluding hydrogens is 262 g/mol. The van der Waals surface area contributed by atoms with Crippen LogP contribution in [0.25, 0.3) is 5.65 Å². The average Bonchev–Trinajstić information content (AvgIpc) is 3.05. The minimum absolute atomic E-state index is 0.0605. The number of hydrogen-bond acceptors (Lipinski definition) is 4. The van der Waals surface area contributed by atoms with E-state index in [1.807, 2.05) is 16.6 Å². The zero-order valence-electron chi connectivity index (χ0n) is 13.5. The van der Waals surface area contributed by atoms with E-state index in [9.17, 15) is 0 Å². The van der Waals surface area contributed by atoms with Gasteiger partial charge in [-0.3, -0.25) is 0 Å². The van der Waals surface area contributed by atoms with Crippen LogP contribution in [0.2, 0.25) is 0 Å². The Balaban J connectivity index is 1.88. The topological polar surface area (TPSA) is 46.3 Å². The van der Waals surface area contributed by atoms with E-state index in [0.717, 1.165) is 29.8 Å². The van der Waals surface area contributed by atoms with Crippen LogP contribution in [0.3, 0.4) is 0 Å². The van der Waals surface area contributed by atoms with Gasteiger partial charge in [0.1, 0.15) is 5.82 Å². The van der Waals surface area contributed by atoms with Gasteiger partial charge in [0.05, 0.1) is 0 Å². The lowest BCUT2D eigenvalue weighted by molar-refractivity contribution is 0.522. The summed E-state index contributed by atoms with van der Waals surface area (Å²) in [7, 11) is 2.13. The maximum Gasteiger partial charge on any atom is 0.178 e. The summed E-state index contributed by atoms with van der Waals surface area (Å²) in [5.74, 6) is 2.73. The van der Waals surface area contributed by atoms with Gasteiger partial charge in [0.2, 0.25) is 0 Å². The lowest BCUT2D eigenvalue weighted by atomic mass is 9.96. The van der Waals surface area contributed by atoms with E-state index in [-0.39, 0.29) is 5.41 Å². The van der Waals surface area contributed by atoms with Crippen LogP contribution in [0.1, 0.15) is 52.3 Å². The first-order valence-corrected chi connectivity index (χ1v) is 7.89. The Hall–Kier alpha value is -1.65. The molecule has 0 amide bonds. The monoisotopic (exact) mass is 287 g/mol. The van der Waals surface area contributed by atoms with Crippen molar-refractivity contribution >= 4 is 11.5 Å². The smallest absolute Gasteiger partial charge is 0.178 e. The van der Waals surface area contributed by atoms with Crippen LogP contribution >= 0.6 is 0 Å². The number of nitrogens with zero attached hydrogens (tertiary/aromatic N) is 5. The van der Waals surface area contributed by atoms with Crippen molar-refractivity contribution < 1.29 is 0 Å². The van der Waals surface area contributed by atoms with E-state index >= 15 is 0 Å². The predicted molar refractivity (Wildman–Crippen MR) is 84.7 cm³/mol. The molecule has 0 unspecified atom stereocenters. The highest BCUT2D eigenvalue weighted by Crippen LogP contribution is 2.27. The molecule has 5 heteroatoms. The Morgan fingerprint density at radius 2 is 1.90 bits per heavy atom. The normalized spacial score (nSPS) is 16.8. The summed E-state index contributed by atoms with van der Waals surface area (Å²) >= 11 is 0. The number of fused-ring (bicyclic) bond motifs is 1. The molecule has 21 heavy (non-hydrogen) atoms. The summed E-state index contributed by atoms with van der Waals surface area (Å²) in [6.07, 6.45) is 5.47. The molecule has 0 aromatic carbocycles. The van der Waals surface area contributed by atoms with Gasteiger partial charge in [0.25, 0.3) is 0 Å². The van der Waals surface area contributed by atoms with Crippen LogP contribution in [0.5, 0.6) is 0 Å². The highest BCUT2D eigenvalue weighted by Gasteiger charge is 2.23. The van der Waals surface area contributed by atoms with Gasteiger partial charge in [0.15, 0.2) is 11.5 Å². The molecule has 0 bridgehead atoms. The number of rotatable bonds is 3. The third-order valence-corrected chi connectivity index (χ3v) is 4.32. The minimum atomic E-state index is -0.0605. The molecule has 5 nitrogen and oxygen atoms in total. The Kier molecular flexibility index (Phi) is 3.59. The Bertz CT molecular complexity index is 619. The van der Waals surface area contributed by atoms with Crippen LogP contribution in [0.4, 0.5) is 5.82 Å². The zero-order chi connectivity index (χ0) is 15.0. The van der Waals surface area contributed by atoms with E-state index in [0.29, 0.717) is 0 Å². The first-order valence-electron chi connectivity index (χ1n) is 7.89. The van der Waals surface area contributed by atoms with Crippen LogP contribution < -0.4 is 4.90 Å². The molecule has 1 aliphatic carbocycles. The van der Waals surface area contributed by atoms with E-state index in [4.69, 9.17) is 5.10 Å². The highest BCUT2D eigenvalue weighted by molar-refractivity contribution is 5.45. The molecule has 0 atom stereocenters. The molecule has 0 saturated heterocycles. The summed E-state index contributed by atoms with van der Waals surface area (Å²) in [4.78, 5) is 2.27. The molecule has 0 aliphatic heterocycles. The molecule has 3 rings (SSSR count). The first kappa shape index (κ1) is 14.3. The van der Waals surface area contributed by atoms with Crippen molar-refractivity contribution in [2.24, 2.45) is 5.92 Å². The Labute approximate surface area is 126 Å². The van der Waals surface area contributed by atoms with Crippen molar-refractivity contribution in [2.45, 2.75) is 51.9 Å². The molecule has 0 spiro atoms. The molecule has 1 saturated carbocycles. The maximum atomic E-state index is 4.76. The van der Waals surface area contributed by atoms with Crippen molar-refractivity contribution in [1.82, 2.24) is 19.8 Å². The molecule has 2 aromatic heterocycles. The van der Waals surface area contributed by atoms with Gasteiger partial charge in [-0.25, -0.2) is 0 Å². The third kappa shape index (κ3) is 2.87. The quantitative estimate of drug-likeness (QED) is 0.870. The second kappa shape index (κ2) is 5.28. The SMILES string of the molecule is CN(CC1CCCC1)c1ccc2nnc(C(C)(C)C)n2n1. The standard InChI is InChI=1S/C16H25N5/c1-16(2,3)15-18-17-13-9-10-14(19-21(13)15)20(4)11-12-7-5-6-8-12/h9-10,12H,5-8,11H2,1-4H3. The van der Waals surface area contributed by atoms with Crippen molar-refractivity contribution in [3.8, 4) is 0 Å². The Morgan fingerprint density at radius 3 is 2.57 bits per heavy atom.